The fourth-order valence-electron chi connectivity index (χ4n) is 2.49. The Bertz CT molecular complexity index is 384. The normalized spacial score (nSPS) is 20.7. The van der Waals surface area contributed by atoms with E-state index in [1.54, 1.807) is 6.20 Å². The summed E-state index contributed by atoms with van der Waals surface area (Å²) in [4.78, 5) is 6.43. The third kappa shape index (κ3) is 2.42. The molecule has 4 heteroatoms. The van der Waals surface area contributed by atoms with Gasteiger partial charge in [-0.3, -0.25) is 0 Å². The number of nitrogens with two attached hydrogens (primary N) is 1. The molecule has 1 fully saturated rings. The predicted octanol–water partition coefficient (Wildman–Crippen LogP) is 1.36. The molecule has 17 heavy (non-hydrogen) atoms. The predicted molar refractivity (Wildman–Crippen MR) is 68.5 cm³/mol. The summed E-state index contributed by atoms with van der Waals surface area (Å²) in [5, 5.41) is 10.7. The van der Waals surface area contributed by atoms with E-state index >= 15 is 0 Å². The van der Waals surface area contributed by atoms with Gasteiger partial charge in [-0.05, 0) is 32.8 Å². The number of aliphatic hydroxyl groups is 1. The van der Waals surface area contributed by atoms with E-state index < -0.39 is 5.60 Å². The highest BCUT2D eigenvalue weighted by Gasteiger charge is 2.36. The van der Waals surface area contributed by atoms with Gasteiger partial charge in [0, 0.05) is 30.9 Å². The SMILES string of the molecule is CC(C)N1CCC(O)(c2cccnc2N)CC1. The van der Waals surface area contributed by atoms with E-state index in [1.807, 2.05) is 12.1 Å². The van der Waals surface area contributed by atoms with E-state index in [0.29, 0.717) is 11.9 Å². The lowest BCUT2D eigenvalue weighted by Crippen LogP contribution is -2.45. The molecule has 0 amide bonds. The Morgan fingerprint density at radius 1 is 1.41 bits per heavy atom. The smallest absolute Gasteiger partial charge is 0.129 e. The first-order valence-corrected chi connectivity index (χ1v) is 6.20. The van der Waals surface area contributed by atoms with Gasteiger partial charge in [0.2, 0.25) is 0 Å². The van der Waals surface area contributed by atoms with Gasteiger partial charge < -0.3 is 15.7 Å². The van der Waals surface area contributed by atoms with Crippen molar-refractivity contribution in [3.05, 3.63) is 23.9 Å². The lowest BCUT2D eigenvalue weighted by Gasteiger charge is -2.40. The van der Waals surface area contributed by atoms with Gasteiger partial charge in [-0.15, -0.1) is 0 Å². The van der Waals surface area contributed by atoms with Crippen molar-refractivity contribution < 1.29 is 5.11 Å². The van der Waals surface area contributed by atoms with Gasteiger partial charge in [0.1, 0.15) is 5.82 Å². The standard InChI is InChI=1S/C13H21N3O/c1-10(2)16-8-5-13(17,6-9-16)11-4-3-7-15-12(11)14/h3-4,7,10,17H,5-6,8-9H2,1-2H3,(H2,14,15). The molecule has 1 saturated heterocycles. The van der Waals surface area contributed by atoms with Crippen LogP contribution in [-0.4, -0.2) is 34.1 Å². The number of anilines is 1. The summed E-state index contributed by atoms with van der Waals surface area (Å²) in [6, 6.07) is 4.25. The Kier molecular flexibility index (Phi) is 3.35. The number of piperidine rings is 1. The van der Waals surface area contributed by atoms with Gasteiger partial charge in [0.15, 0.2) is 0 Å². The van der Waals surface area contributed by atoms with Crippen molar-refractivity contribution in [2.75, 3.05) is 18.8 Å². The average molecular weight is 235 g/mol. The molecule has 0 saturated carbocycles. The van der Waals surface area contributed by atoms with Gasteiger partial charge in [-0.25, -0.2) is 4.98 Å². The van der Waals surface area contributed by atoms with Crippen LogP contribution in [0.25, 0.3) is 0 Å². The number of hydrogen-bond donors (Lipinski definition) is 2. The van der Waals surface area contributed by atoms with E-state index in [-0.39, 0.29) is 0 Å². The van der Waals surface area contributed by atoms with Crippen LogP contribution in [0.5, 0.6) is 0 Å². The van der Waals surface area contributed by atoms with Gasteiger partial charge in [0.05, 0.1) is 5.60 Å². The molecule has 2 heterocycles. The van der Waals surface area contributed by atoms with Crippen LogP contribution in [0.2, 0.25) is 0 Å². The summed E-state index contributed by atoms with van der Waals surface area (Å²) >= 11 is 0. The number of rotatable bonds is 2. The number of nitrogen functional groups attached to an aromatic ring is 1. The molecule has 0 aliphatic carbocycles. The van der Waals surface area contributed by atoms with Gasteiger partial charge in [-0.1, -0.05) is 6.07 Å². The molecular formula is C13H21N3O. The summed E-state index contributed by atoms with van der Waals surface area (Å²) in [7, 11) is 0. The Balaban J connectivity index is 2.15. The summed E-state index contributed by atoms with van der Waals surface area (Å²) in [6.07, 6.45) is 3.10. The van der Waals surface area contributed by atoms with Gasteiger partial charge >= 0.3 is 0 Å². The van der Waals surface area contributed by atoms with E-state index in [2.05, 4.69) is 23.7 Å². The Hall–Kier alpha value is -1.13. The summed E-state index contributed by atoms with van der Waals surface area (Å²) < 4.78 is 0. The topological polar surface area (TPSA) is 62.4 Å². The van der Waals surface area contributed by atoms with Crippen LogP contribution in [0.3, 0.4) is 0 Å². The molecule has 0 unspecified atom stereocenters. The number of pyridine rings is 1. The highest BCUT2D eigenvalue weighted by atomic mass is 16.3. The van der Waals surface area contributed by atoms with Crippen molar-refractivity contribution in [3.8, 4) is 0 Å². The molecule has 2 rings (SSSR count). The summed E-state index contributed by atoms with van der Waals surface area (Å²) in [5.74, 6) is 0.452. The minimum atomic E-state index is -0.802. The number of hydrogen-bond acceptors (Lipinski definition) is 4. The van der Waals surface area contributed by atoms with E-state index in [9.17, 15) is 5.11 Å². The van der Waals surface area contributed by atoms with E-state index in [4.69, 9.17) is 5.73 Å². The number of nitrogens with zero attached hydrogens (tertiary/aromatic N) is 2. The van der Waals surface area contributed by atoms with Crippen LogP contribution >= 0.6 is 0 Å². The lowest BCUT2D eigenvalue weighted by molar-refractivity contribution is -0.0319. The van der Waals surface area contributed by atoms with E-state index in [0.717, 1.165) is 31.5 Å². The van der Waals surface area contributed by atoms with Crippen molar-refractivity contribution in [1.29, 1.82) is 0 Å². The van der Waals surface area contributed by atoms with Gasteiger partial charge in [-0.2, -0.15) is 0 Å². The molecule has 3 N–H and O–H groups in total. The van der Waals surface area contributed by atoms with Crippen LogP contribution in [-0.2, 0) is 5.60 Å². The van der Waals surface area contributed by atoms with Gasteiger partial charge in [0.25, 0.3) is 0 Å². The second-order valence-corrected chi connectivity index (χ2v) is 5.10. The fraction of sp³-hybridized carbons (Fsp3) is 0.615. The van der Waals surface area contributed by atoms with Crippen molar-refractivity contribution in [3.63, 3.8) is 0 Å². The number of aromatic nitrogens is 1. The first-order chi connectivity index (χ1) is 8.03. The lowest BCUT2D eigenvalue weighted by atomic mass is 9.84. The summed E-state index contributed by atoms with van der Waals surface area (Å²) in [5.41, 5.74) is 5.83. The molecule has 4 nitrogen and oxygen atoms in total. The minimum absolute atomic E-state index is 0.452. The molecule has 0 radical (unpaired) electrons. The Morgan fingerprint density at radius 3 is 2.59 bits per heavy atom. The zero-order valence-electron chi connectivity index (χ0n) is 10.6. The molecule has 0 bridgehead atoms. The average Bonchev–Trinajstić information content (AvgIpc) is 2.30. The second-order valence-electron chi connectivity index (χ2n) is 5.10. The third-order valence-electron chi connectivity index (χ3n) is 3.70. The highest BCUT2D eigenvalue weighted by Crippen LogP contribution is 2.35. The molecule has 0 aromatic carbocycles. The first kappa shape index (κ1) is 12.3. The molecule has 1 aliphatic rings. The van der Waals surface area contributed by atoms with Crippen molar-refractivity contribution in [2.45, 2.75) is 38.3 Å². The van der Waals surface area contributed by atoms with Crippen molar-refractivity contribution in [2.24, 2.45) is 0 Å². The third-order valence-corrected chi connectivity index (χ3v) is 3.70. The molecule has 1 aromatic rings. The zero-order chi connectivity index (χ0) is 12.5. The maximum absolute atomic E-state index is 10.7. The monoisotopic (exact) mass is 235 g/mol. The highest BCUT2D eigenvalue weighted by molar-refractivity contribution is 5.43. The Morgan fingerprint density at radius 2 is 2.06 bits per heavy atom. The molecule has 1 aliphatic heterocycles. The van der Waals surface area contributed by atoms with Crippen LogP contribution in [0.1, 0.15) is 32.3 Å². The van der Waals surface area contributed by atoms with Crippen LogP contribution in [0.4, 0.5) is 5.82 Å². The molecule has 0 atom stereocenters. The minimum Gasteiger partial charge on any atom is -0.385 e. The molecule has 1 aromatic heterocycles. The molecule has 0 spiro atoms. The maximum atomic E-state index is 10.7. The van der Waals surface area contributed by atoms with Crippen LogP contribution in [0, 0.1) is 0 Å². The summed E-state index contributed by atoms with van der Waals surface area (Å²) in [6.45, 7) is 6.18. The number of likely N-dealkylation sites (tertiary alicyclic amines) is 1. The largest absolute Gasteiger partial charge is 0.385 e. The fourth-order valence-corrected chi connectivity index (χ4v) is 2.49. The Labute approximate surface area is 102 Å². The quantitative estimate of drug-likeness (QED) is 0.812. The van der Waals surface area contributed by atoms with Crippen LogP contribution < -0.4 is 5.73 Å². The van der Waals surface area contributed by atoms with Crippen LogP contribution in [0.15, 0.2) is 18.3 Å². The molecular weight excluding hydrogens is 214 g/mol. The van der Waals surface area contributed by atoms with Crippen molar-refractivity contribution in [1.82, 2.24) is 9.88 Å². The first-order valence-electron chi connectivity index (χ1n) is 6.20. The van der Waals surface area contributed by atoms with E-state index in [1.165, 1.54) is 0 Å². The molecule has 94 valence electrons. The maximum Gasteiger partial charge on any atom is 0.129 e. The second kappa shape index (κ2) is 4.63. The van der Waals surface area contributed by atoms with Crippen molar-refractivity contribution >= 4 is 5.82 Å². The zero-order valence-corrected chi connectivity index (χ0v) is 10.6.